The molecule has 0 aliphatic rings. The van der Waals surface area contributed by atoms with Crippen molar-refractivity contribution in [2.45, 2.75) is 0 Å². The van der Waals surface area contributed by atoms with E-state index >= 15 is 0 Å². The first-order chi connectivity index (χ1) is 13.5. The first kappa shape index (κ1) is 19.7. The molecule has 0 unspecified atom stereocenters. The van der Waals surface area contributed by atoms with E-state index in [0.29, 0.717) is 27.5 Å². The smallest absolute Gasteiger partial charge is 0.343 e. The van der Waals surface area contributed by atoms with Crippen LogP contribution in [-0.2, 0) is 0 Å². The number of ether oxygens (including phenoxy) is 1. The van der Waals surface area contributed by atoms with E-state index in [1.165, 1.54) is 18.6 Å². The molecule has 0 bridgehead atoms. The Kier molecular flexibility index (Phi) is 6.52. The van der Waals surface area contributed by atoms with Crippen molar-refractivity contribution >= 4 is 45.6 Å². The topological polar surface area (TPSA) is 80.6 Å². The van der Waals surface area contributed by atoms with E-state index < -0.39 is 5.97 Å². The Balaban J connectivity index is 1.74. The van der Waals surface area contributed by atoms with Gasteiger partial charge in [0.15, 0.2) is 0 Å². The highest BCUT2D eigenvalue weighted by Gasteiger charge is 2.12. The van der Waals surface area contributed by atoms with Gasteiger partial charge in [-0.15, -0.1) is 0 Å². The zero-order valence-electron chi connectivity index (χ0n) is 14.3. The third-order valence-corrected chi connectivity index (χ3v) is 4.31. The van der Waals surface area contributed by atoms with Crippen molar-refractivity contribution in [1.29, 1.82) is 0 Å². The Hall–Kier alpha value is -3.03. The number of pyridine rings is 1. The number of benzene rings is 2. The number of nitrogens with one attached hydrogen (secondary N) is 1. The predicted molar refractivity (Wildman–Crippen MR) is 110 cm³/mol. The molecule has 3 rings (SSSR count). The van der Waals surface area contributed by atoms with Gasteiger partial charge in [0.1, 0.15) is 5.75 Å². The van der Waals surface area contributed by atoms with E-state index in [-0.39, 0.29) is 5.91 Å². The van der Waals surface area contributed by atoms with Crippen LogP contribution in [0.3, 0.4) is 0 Å². The molecule has 0 aliphatic carbocycles. The summed E-state index contributed by atoms with van der Waals surface area (Å²) in [5, 5.41) is 4.46. The summed E-state index contributed by atoms with van der Waals surface area (Å²) in [6.45, 7) is 0. The second-order valence-corrected chi connectivity index (χ2v) is 6.87. The van der Waals surface area contributed by atoms with Gasteiger partial charge in [-0.25, -0.2) is 10.2 Å². The summed E-state index contributed by atoms with van der Waals surface area (Å²) in [6, 6.07) is 14.6. The van der Waals surface area contributed by atoms with Gasteiger partial charge in [0.05, 0.1) is 11.8 Å². The molecule has 6 nitrogen and oxygen atoms in total. The van der Waals surface area contributed by atoms with E-state index in [1.807, 2.05) is 0 Å². The van der Waals surface area contributed by atoms with Gasteiger partial charge < -0.3 is 4.74 Å². The van der Waals surface area contributed by atoms with Gasteiger partial charge in [0.25, 0.3) is 5.91 Å². The summed E-state index contributed by atoms with van der Waals surface area (Å²) < 4.78 is 6.22. The molecule has 28 heavy (non-hydrogen) atoms. The molecule has 2 aromatic carbocycles. The molecule has 8 heteroatoms. The van der Waals surface area contributed by atoms with Crippen molar-refractivity contribution in [2.24, 2.45) is 5.10 Å². The van der Waals surface area contributed by atoms with Crippen LogP contribution in [0.5, 0.6) is 5.75 Å². The SMILES string of the molecule is O=C(N/N=C\c1cc(Br)ccc1OC(=O)c1ccc(Cl)cc1)c1ccncc1. The van der Waals surface area contributed by atoms with Crippen LogP contribution in [0.15, 0.2) is 76.6 Å². The zero-order chi connectivity index (χ0) is 19.9. The first-order valence-corrected chi connectivity index (χ1v) is 9.21. The van der Waals surface area contributed by atoms with Crippen LogP contribution >= 0.6 is 27.5 Å². The van der Waals surface area contributed by atoms with Crippen LogP contribution < -0.4 is 10.2 Å². The zero-order valence-corrected chi connectivity index (χ0v) is 16.6. The molecule has 0 saturated heterocycles. The fourth-order valence-corrected chi connectivity index (χ4v) is 2.69. The molecule has 0 spiro atoms. The molecule has 3 aromatic rings. The summed E-state index contributed by atoms with van der Waals surface area (Å²) in [5.41, 5.74) is 3.71. The Morgan fingerprint density at radius 3 is 2.46 bits per heavy atom. The third-order valence-electron chi connectivity index (χ3n) is 3.57. The fraction of sp³-hybridized carbons (Fsp3) is 0. The Labute approximate surface area is 174 Å². The van der Waals surface area contributed by atoms with Crippen molar-refractivity contribution in [3.63, 3.8) is 0 Å². The maximum Gasteiger partial charge on any atom is 0.343 e. The molecular formula is C20H13BrClN3O3. The number of hydrogen-bond acceptors (Lipinski definition) is 5. The van der Waals surface area contributed by atoms with Gasteiger partial charge in [-0.1, -0.05) is 27.5 Å². The number of amides is 1. The quantitative estimate of drug-likeness (QED) is 0.264. The monoisotopic (exact) mass is 457 g/mol. The lowest BCUT2D eigenvalue weighted by molar-refractivity contribution is 0.0734. The van der Waals surface area contributed by atoms with Crippen LogP contribution in [0.2, 0.25) is 5.02 Å². The molecular weight excluding hydrogens is 446 g/mol. The summed E-state index contributed by atoms with van der Waals surface area (Å²) in [5.74, 6) is -0.618. The lowest BCUT2D eigenvalue weighted by Gasteiger charge is -2.08. The van der Waals surface area contributed by atoms with Crippen LogP contribution in [0, 0.1) is 0 Å². The van der Waals surface area contributed by atoms with Crippen molar-refractivity contribution < 1.29 is 14.3 Å². The van der Waals surface area contributed by atoms with Gasteiger partial charge in [-0.3, -0.25) is 9.78 Å². The average molecular weight is 459 g/mol. The first-order valence-electron chi connectivity index (χ1n) is 8.03. The van der Waals surface area contributed by atoms with Crippen molar-refractivity contribution in [1.82, 2.24) is 10.4 Å². The fourth-order valence-electron chi connectivity index (χ4n) is 2.19. The lowest BCUT2D eigenvalue weighted by atomic mass is 10.2. The van der Waals surface area contributed by atoms with Crippen molar-refractivity contribution in [3.8, 4) is 5.75 Å². The number of nitrogens with zero attached hydrogens (tertiary/aromatic N) is 2. The number of hydrazone groups is 1. The van der Waals surface area contributed by atoms with E-state index in [4.69, 9.17) is 16.3 Å². The highest BCUT2D eigenvalue weighted by atomic mass is 79.9. The maximum atomic E-state index is 12.3. The number of esters is 1. The number of carbonyl (C=O) groups excluding carboxylic acids is 2. The van der Waals surface area contributed by atoms with Crippen molar-refractivity contribution in [3.05, 3.63) is 93.2 Å². The minimum atomic E-state index is -0.533. The van der Waals surface area contributed by atoms with E-state index in [2.05, 4.69) is 31.4 Å². The van der Waals surface area contributed by atoms with Crippen LogP contribution in [0.25, 0.3) is 0 Å². The third kappa shape index (κ3) is 5.25. The number of rotatable bonds is 5. The van der Waals surface area contributed by atoms with E-state index in [1.54, 1.807) is 54.6 Å². The molecule has 1 N–H and O–H groups in total. The van der Waals surface area contributed by atoms with Gasteiger partial charge in [0, 0.05) is 33.0 Å². The predicted octanol–water partition coefficient (Wildman–Crippen LogP) is 4.48. The molecule has 140 valence electrons. The second kappa shape index (κ2) is 9.25. The molecule has 1 amide bonds. The van der Waals surface area contributed by atoms with Crippen LogP contribution in [0.1, 0.15) is 26.3 Å². The summed E-state index contributed by atoms with van der Waals surface area (Å²) in [7, 11) is 0. The summed E-state index contributed by atoms with van der Waals surface area (Å²) in [6.07, 6.45) is 4.43. The Morgan fingerprint density at radius 2 is 1.75 bits per heavy atom. The van der Waals surface area contributed by atoms with Crippen LogP contribution in [-0.4, -0.2) is 23.1 Å². The molecule has 0 saturated carbocycles. The second-order valence-electron chi connectivity index (χ2n) is 5.51. The minimum absolute atomic E-state index is 0.296. The number of carbonyl (C=O) groups is 2. The molecule has 0 aliphatic heterocycles. The molecule has 0 fully saturated rings. The highest BCUT2D eigenvalue weighted by molar-refractivity contribution is 9.10. The normalized spacial score (nSPS) is 10.6. The standard InChI is InChI=1S/C20H13BrClN3O3/c21-16-3-6-18(28-20(27)14-1-4-17(22)5-2-14)15(11-16)12-24-25-19(26)13-7-9-23-10-8-13/h1-12H,(H,25,26)/b24-12-. The number of hydrogen-bond donors (Lipinski definition) is 1. The van der Waals surface area contributed by atoms with Gasteiger partial charge >= 0.3 is 5.97 Å². The van der Waals surface area contributed by atoms with E-state index in [0.717, 1.165) is 4.47 Å². The van der Waals surface area contributed by atoms with Crippen LogP contribution in [0.4, 0.5) is 0 Å². The van der Waals surface area contributed by atoms with Crippen molar-refractivity contribution in [2.75, 3.05) is 0 Å². The molecule has 0 radical (unpaired) electrons. The molecule has 1 aromatic heterocycles. The van der Waals surface area contributed by atoms with E-state index in [9.17, 15) is 9.59 Å². The molecule has 0 atom stereocenters. The number of halogens is 2. The van der Waals surface area contributed by atoms with Gasteiger partial charge in [0.2, 0.25) is 0 Å². The number of aromatic nitrogens is 1. The Bertz CT molecular complexity index is 1020. The maximum absolute atomic E-state index is 12.3. The minimum Gasteiger partial charge on any atom is -0.422 e. The lowest BCUT2D eigenvalue weighted by Crippen LogP contribution is -2.17. The van der Waals surface area contributed by atoms with Gasteiger partial charge in [-0.2, -0.15) is 5.10 Å². The summed E-state index contributed by atoms with van der Waals surface area (Å²) in [4.78, 5) is 28.2. The largest absolute Gasteiger partial charge is 0.422 e. The Morgan fingerprint density at radius 1 is 1.04 bits per heavy atom. The molecule has 1 heterocycles. The summed E-state index contributed by atoms with van der Waals surface area (Å²) >= 11 is 9.20. The van der Waals surface area contributed by atoms with Gasteiger partial charge in [-0.05, 0) is 54.6 Å². The highest BCUT2D eigenvalue weighted by Crippen LogP contribution is 2.23. The average Bonchev–Trinajstić information content (AvgIpc) is 2.71.